The molecule has 0 saturated carbocycles. The van der Waals surface area contributed by atoms with Crippen LogP contribution >= 0.6 is 0 Å². The van der Waals surface area contributed by atoms with Crippen LogP contribution in [0.3, 0.4) is 0 Å². The first kappa shape index (κ1) is 12.5. The molecule has 1 unspecified atom stereocenters. The molecule has 2 N–H and O–H groups in total. The van der Waals surface area contributed by atoms with Crippen molar-refractivity contribution in [3.8, 4) is 0 Å². The molecular weight excluding hydrogens is 190 g/mol. The van der Waals surface area contributed by atoms with Crippen LogP contribution in [0.15, 0.2) is 0 Å². The van der Waals surface area contributed by atoms with Gasteiger partial charge in [-0.2, -0.15) is 0 Å². The molecule has 1 fully saturated rings. The summed E-state index contributed by atoms with van der Waals surface area (Å²) >= 11 is 0. The minimum absolute atomic E-state index is 0.0168. The van der Waals surface area contributed by atoms with Gasteiger partial charge in [-0.15, -0.1) is 0 Å². The number of nitrogens with zero attached hydrogens (tertiary/aromatic N) is 1. The maximum absolute atomic E-state index is 12.1. The largest absolute Gasteiger partial charge is 0.341 e. The summed E-state index contributed by atoms with van der Waals surface area (Å²) in [6.45, 7) is 8.61. The quantitative estimate of drug-likeness (QED) is 0.685. The minimum atomic E-state index is -0.0168. The fourth-order valence-electron chi connectivity index (χ4n) is 1.92. The molecule has 1 aliphatic rings. The summed E-state index contributed by atoms with van der Waals surface area (Å²) in [6, 6.07) is -0.0168. The smallest absolute Gasteiger partial charge is 0.241 e. The highest BCUT2D eigenvalue weighted by atomic mass is 16.2. The lowest BCUT2D eigenvalue weighted by Crippen LogP contribution is -2.56. The molecule has 1 aliphatic heterocycles. The van der Waals surface area contributed by atoms with Gasteiger partial charge in [-0.25, -0.2) is 0 Å². The molecule has 0 spiro atoms. The summed E-state index contributed by atoms with van der Waals surface area (Å²) in [5.74, 6) is 0.255. The van der Waals surface area contributed by atoms with Crippen molar-refractivity contribution in [2.45, 2.75) is 32.7 Å². The van der Waals surface area contributed by atoms with Gasteiger partial charge in [0.2, 0.25) is 5.91 Å². The van der Waals surface area contributed by atoms with Gasteiger partial charge >= 0.3 is 0 Å². The highest BCUT2D eigenvalue weighted by Gasteiger charge is 2.24. The summed E-state index contributed by atoms with van der Waals surface area (Å²) in [5, 5.41) is 6.51. The molecule has 1 atom stereocenters. The van der Waals surface area contributed by atoms with E-state index in [2.05, 4.69) is 24.5 Å². The summed E-state index contributed by atoms with van der Waals surface area (Å²) in [6.07, 6.45) is 2.07. The second kappa shape index (κ2) is 6.80. The van der Waals surface area contributed by atoms with E-state index in [0.29, 0.717) is 0 Å². The highest BCUT2D eigenvalue weighted by molar-refractivity contribution is 5.82. The summed E-state index contributed by atoms with van der Waals surface area (Å²) < 4.78 is 0. The first-order valence-electron chi connectivity index (χ1n) is 6.02. The van der Waals surface area contributed by atoms with E-state index < -0.39 is 0 Å². The van der Waals surface area contributed by atoms with Gasteiger partial charge in [0.1, 0.15) is 0 Å². The van der Waals surface area contributed by atoms with E-state index in [-0.39, 0.29) is 11.9 Å². The fourth-order valence-corrected chi connectivity index (χ4v) is 1.92. The fraction of sp³-hybridized carbons (Fsp3) is 0.909. The van der Waals surface area contributed by atoms with Crippen molar-refractivity contribution < 1.29 is 4.79 Å². The predicted molar refractivity (Wildman–Crippen MR) is 61.8 cm³/mol. The van der Waals surface area contributed by atoms with Crippen molar-refractivity contribution in [1.82, 2.24) is 15.5 Å². The van der Waals surface area contributed by atoms with Gasteiger partial charge in [0.15, 0.2) is 0 Å². The Bertz CT molecular complexity index is 184. The highest BCUT2D eigenvalue weighted by Crippen LogP contribution is 2.00. The van der Waals surface area contributed by atoms with E-state index in [4.69, 9.17) is 0 Å². The van der Waals surface area contributed by atoms with Crippen LogP contribution in [-0.2, 0) is 4.79 Å². The van der Waals surface area contributed by atoms with Crippen molar-refractivity contribution in [2.24, 2.45) is 0 Å². The lowest BCUT2D eigenvalue weighted by Gasteiger charge is -2.30. The second-order valence-corrected chi connectivity index (χ2v) is 4.04. The first-order valence-corrected chi connectivity index (χ1v) is 6.02. The second-order valence-electron chi connectivity index (χ2n) is 4.04. The van der Waals surface area contributed by atoms with Gasteiger partial charge in [-0.3, -0.25) is 4.79 Å². The van der Waals surface area contributed by atoms with E-state index in [1.807, 2.05) is 4.90 Å². The zero-order valence-electron chi connectivity index (χ0n) is 9.88. The molecule has 0 bridgehead atoms. The van der Waals surface area contributed by atoms with Crippen LogP contribution in [0.25, 0.3) is 0 Å². The van der Waals surface area contributed by atoms with Gasteiger partial charge in [0.05, 0.1) is 6.04 Å². The van der Waals surface area contributed by atoms with Gasteiger partial charge in [0.25, 0.3) is 0 Å². The van der Waals surface area contributed by atoms with Crippen molar-refractivity contribution in [3.63, 3.8) is 0 Å². The molecule has 4 heteroatoms. The number of carbonyl (C=O) groups is 1. The predicted octanol–water partition coefficient (Wildman–Crippen LogP) is 0.196. The van der Waals surface area contributed by atoms with Gasteiger partial charge in [-0.1, -0.05) is 13.8 Å². The van der Waals surface area contributed by atoms with Crippen molar-refractivity contribution in [3.05, 3.63) is 0 Å². The monoisotopic (exact) mass is 213 g/mol. The number of piperazine rings is 1. The Hall–Kier alpha value is -0.610. The van der Waals surface area contributed by atoms with Crippen LogP contribution in [0.5, 0.6) is 0 Å². The SMILES string of the molecule is CCCN(CCC)C(=O)C1CNCCN1. The molecular formula is C11H23N3O. The summed E-state index contributed by atoms with van der Waals surface area (Å²) in [5.41, 5.74) is 0. The molecule has 1 amide bonds. The number of nitrogens with one attached hydrogen (secondary N) is 2. The third-order valence-corrected chi connectivity index (χ3v) is 2.64. The Kier molecular flexibility index (Phi) is 5.65. The first-order chi connectivity index (χ1) is 7.29. The Balaban J connectivity index is 2.45. The zero-order valence-corrected chi connectivity index (χ0v) is 9.88. The molecule has 88 valence electrons. The standard InChI is InChI=1S/C11H23N3O/c1-3-7-14(8-4-2)11(15)10-9-12-5-6-13-10/h10,12-13H,3-9H2,1-2H3. The summed E-state index contributed by atoms with van der Waals surface area (Å²) in [4.78, 5) is 14.1. The Morgan fingerprint density at radius 3 is 2.40 bits per heavy atom. The molecule has 1 heterocycles. The van der Waals surface area contributed by atoms with Crippen LogP contribution in [-0.4, -0.2) is 49.6 Å². The number of rotatable bonds is 5. The van der Waals surface area contributed by atoms with Gasteiger partial charge in [0, 0.05) is 32.7 Å². The van der Waals surface area contributed by atoms with E-state index in [0.717, 1.165) is 45.6 Å². The lowest BCUT2D eigenvalue weighted by molar-refractivity contribution is -0.133. The molecule has 4 nitrogen and oxygen atoms in total. The Morgan fingerprint density at radius 2 is 1.93 bits per heavy atom. The van der Waals surface area contributed by atoms with Crippen LogP contribution in [0, 0.1) is 0 Å². The maximum Gasteiger partial charge on any atom is 0.241 e. The number of hydrogen-bond donors (Lipinski definition) is 2. The number of carbonyl (C=O) groups excluding carboxylic acids is 1. The topological polar surface area (TPSA) is 44.4 Å². The lowest BCUT2D eigenvalue weighted by atomic mass is 10.2. The Labute approximate surface area is 92.4 Å². The van der Waals surface area contributed by atoms with Crippen molar-refractivity contribution in [2.75, 3.05) is 32.7 Å². The summed E-state index contributed by atoms with van der Waals surface area (Å²) in [7, 11) is 0. The zero-order chi connectivity index (χ0) is 11.1. The van der Waals surface area contributed by atoms with Crippen molar-refractivity contribution in [1.29, 1.82) is 0 Å². The molecule has 0 aromatic rings. The molecule has 1 rings (SSSR count). The molecule has 0 radical (unpaired) electrons. The van der Waals surface area contributed by atoms with Crippen LogP contribution < -0.4 is 10.6 Å². The van der Waals surface area contributed by atoms with Gasteiger partial charge in [-0.05, 0) is 12.8 Å². The van der Waals surface area contributed by atoms with E-state index in [9.17, 15) is 4.79 Å². The number of hydrogen-bond acceptors (Lipinski definition) is 3. The maximum atomic E-state index is 12.1. The molecule has 0 aliphatic carbocycles. The number of amides is 1. The van der Waals surface area contributed by atoms with Crippen LogP contribution in [0.1, 0.15) is 26.7 Å². The third-order valence-electron chi connectivity index (χ3n) is 2.64. The Morgan fingerprint density at radius 1 is 1.27 bits per heavy atom. The van der Waals surface area contributed by atoms with Gasteiger partial charge < -0.3 is 15.5 Å². The molecule has 1 saturated heterocycles. The van der Waals surface area contributed by atoms with Crippen LogP contribution in [0.4, 0.5) is 0 Å². The molecule has 15 heavy (non-hydrogen) atoms. The van der Waals surface area contributed by atoms with Crippen LogP contribution in [0.2, 0.25) is 0 Å². The van der Waals surface area contributed by atoms with Crippen molar-refractivity contribution >= 4 is 5.91 Å². The average Bonchev–Trinajstić information content (AvgIpc) is 2.29. The molecule has 0 aromatic carbocycles. The van der Waals surface area contributed by atoms with E-state index in [1.54, 1.807) is 0 Å². The average molecular weight is 213 g/mol. The molecule has 0 aromatic heterocycles. The van der Waals surface area contributed by atoms with E-state index in [1.165, 1.54) is 0 Å². The third kappa shape index (κ3) is 3.80. The minimum Gasteiger partial charge on any atom is -0.341 e. The van der Waals surface area contributed by atoms with E-state index >= 15 is 0 Å². The normalized spacial score (nSPS) is 21.3.